The van der Waals surface area contributed by atoms with E-state index in [4.69, 9.17) is 0 Å². The van der Waals surface area contributed by atoms with Crippen molar-refractivity contribution < 1.29 is 0 Å². The molecule has 0 heterocycles. The Morgan fingerprint density at radius 1 is 0.275 bits per heavy atom. The molecule has 0 aliphatic heterocycles. The first-order valence-corrected chi connectivity index (χ1v) is 43.3. The molecule has 0 bridgehead atoms. The van der Waals surface area contributed by atoms with E-state index in [-0.39, 0.29) is 160 Å². The van der Waals surface area contributed by atoms with E-state index in [9.17, 15) is 0 Å². The van der Waals surface area contributed by atoms with Crippen molar-refractivity contribution in [2.75, 3.05) is 0 Å². The van der Waals surface area contributed by atoms with Crippen molar-refractivity contribution in [3.8, 4) is 0 Å². The summed E-state index contributed by atoms with van der Waals surface area (Å²) < 4.78 is 13.1. The van der Waals surface area contributed by atoms with E-state index in [1.807, 2.05) is 0 Å². The molecular weight excluding hydrogens is 1230 g/mol. The summed E-state index contributed by atoms with van der Waals surface area (Å²) in [5.74, 6) is 0. The molecule has 9 heteroatoms. The van der Waals surface area contributed by atoms with Crippen molar-refractivity contribution in [2.45, 2.75) is 255 Å². The zero-order valence-electron chi connectivity index (χ0n) is 36.9. The first kappa shape index (κ1) is 77.0. The molecule has 0 aliphatic carbocycles. The summed E-state index contributed by atoms with van der Waals surface area (Å²) in [5, 5.41) is 0. The summed E-state index contributed by atoms with van der Waals surface area (Å²) in [5.41, 5.74) is 0. The van der Waals surface area contributed by atoms with E-state index < -0.39 is 0 Å². The molecule has 0 saturated carbocycles. The van der Waals surface area contributed by atoms with Crippen LogP contribution < -0.4 is 0 Å². The number of rotatable bonds is 32. The Hall–Kier alpha value is 5.39. The zero-order chi connectivity index (χ0) is 36.2. The standard InChI is InChI=1S/2C8H17.6C4H9.2CH3.4H2S.5Sn/c2*1-3-5-7-8-6-4-2;6*1-3-4-2;;;;;;;;;;;/h2*1,3-8H2,2H3;6*1,3-4H2,2H3;2*1H3;4*1H2;;;;;/q;;;;;;;;;;;;;;;4*+1/p-4. The Balaban J connectivity index is -0.0000000650. The SMILES string of the molecule is CCCCCCC[CH2][Sn+][CH2]CCCCCCC.CCC[CH2][Sn+][CH2]CCC.CCC[CH2][Sn+][CH2]CCC.CCC[CH2][Sn][CH2]CCC.[CH3][Sn+][CH3].[SH-].[SH-].[SH-].[SH-]. The van der Waals surface area contributed by atoms with E-state index >= 15 is 0 Å². The van der Waals surface area contributed by atoms with Gasteiger partial charge < -0.3 is 54.0 Å². The largest absolute Gasteiger partial charge is 0.813 e. The Bertz CT molecular complexity index is 363. The van der Waals surface area contributed by atoms with Crippen molar-refractivity contribution in [2.24, 2.45) is 0 Å². The summed E-state index contributed by atoms with van der Waals surface area (Å²) >= 11 is 0.752. The third-order valence-electron chi connectivity index (χ3n) is 7.66. The van der Waals surface area contributed by atoms with Gasteiger partial charge >= 0.3 is 361 Å². The quantitative estimate of drug-likeness (QED) is 0.0285. The molecule has 0 aromatic carbocycles. The monoisotopic (exact) mass is 1330 g/mol. The third kappa shape index (κ3) is 113. The Kier molecular flexibility index (Phi) is 138. The van der Waals surface area contributed by atoms with Gasteiger partial charge in [0.2, 0.25) is 0 Å². The maximum atomic E-state index is 2.30. The van der Waals surface area contributed by atoms with Crippen molar-refractivity contribution in [3.05, 3.63) is 0 Å². The number of hydrogen-bond donors (Lipinski definition) is 0. The van der Waals surface area contributed by atoms with E-state index in [0.29, 0.717) is 0 Å². The first-order chi connectivity index (χ1) is 23.1. The second kappa shape index (κ2) is 91.2. The minimum Gasteiger partial charge on any atom is -0.813 e. The number of hydrogen-bond acceptors (Lipinski definition) is 4. The van der Waals surface area contributed by atoms with Gasteiger partial charge in [0.1, 0.15) is 0 Å². The van der Waals surface area contributed by atoms with Gasteiger partial charge in [-0.25, -0.2) is 0 Å². The van der Waals surface area contributed by atoms with Gasteiger partial charge in [-0.1, -0.05) is 0 Å². The Labute approximate surface area is 408 Å². The van der Waals surface area contributed by atoms with Crippen molar-refractivity contribution in [1.82, 2.24) is 0 Å². The fourth-order valence-corrected chi connectivity index (χ4v) is 20.4. The van der Waals surface area contributed by atoms with Crippen molar-refractivity contribution in [1.29, 1.82) is 0 Å². The molecule has 0 aliphatic rings. The summed E-state index contributed by atoms with van der Waals surface area (Å²) in [6.07, 6.45) is 35.3. The summed E-state index contributed by atoms with van der Waals surface area (Å²) in [7, 11) is 0. The van der Waals surface area contributed by atoms with Gasteiger partial charge in [-0.15, -0.1) is 0 Å². The first-order valence-electron chi connectivity index (χ1n) is 21.5. The van der Waals surface area contributed by atoms with Crippen molar-refractivity contribution >= 4 is 160 Å². The van der Waals surface area contributed by atoms with Crippen LogP contribution in [-0.4, -0.2) is 106 Å². The maximum Gasteiger partial charge on any atom is -0.813 e. The molecule has 0 atom stereocenters. The van der Waals surface area contributed by atoms with Crippen LogP contribution in [0.15, 0.2) is 0 Å². The van der Waals surface area contributed by atoms with E-state index in [2.05, 4.69) is 65.3 Å². The van der Waals surface area contributed by atoms with E-state index in [1.165, 1.54) is 141 Å². The van der Waals surface area contributed by atoms with Gasteiger partial charge in [-0.3, -0.25) is 0 Å². The predicted octanol–water partition coefficient (Wildman–Crippen LogP) is 15.3. The fourth-order valence-electron chi connectivity index (χ4n) is 4.37. The van der Waals surface area contributed by atoms with Gasteiger partial charge in [0, 0.05) is 0 Å². The van der Waals surface area contributed by atoms with E-state index in [0.717, 1.165) is 0 Å². The van der Waals surface area contributed by atoms with Gasteiger partial charge in [-0.05, 0) is 0 Å². The summed E-state index contributed by atoms with van der Waals surface area (Å²) in [6, 6.07) is 0. The molecule has 0 rings (SSSR count). The average molecular weight is 1330 g/mol. The average Bonchev–Trinajstić information content (AvgIpc) is 3.08. The minimum absolute atomic E-state index is 0. The normalized spacial score (nSPS) is 8.98. The molecule has 0 unspecified atom stereocenters. The molecule has 51 heavy (non-hydrogen) atoms. The third-order valence-corrected chi connectivity index (χ3v) is 23.8. The minimum atomic E-state index is 0. The molecule has 0 aromatic rings. The topological polar surface area (TPSA) is 0 Å². The molecule has 6 radical (unpaired) electrons. The van der Waals surface area contributed by atoms with Gasteiger partial charge in [0.05, 0.1) is 0 Å². The maximum absolute atomic E-state index is 2.30. The molecular formula is C42H98S4Sn5. The van der Waals surface area contributed by atoms with Crippen LogP contribution in [0.4, 0.5) is 0 Å². The van der Waals surface area contributed by atoms with Gasteiger partial charge in [-0.2, -0.15) is 0 Å². The summed E-state index contributed by atoms with van der Waals surface area (Å²) in [6.45, 7) is 18.3. The van der Waals surface area contributed by atoms with Crippen LogP contribution in [0.5, 0.6) is 0 Å². The molecule has 0 aromatic heterocycles. The Morgan fingerprint density at radius 3 is 0.706 bits per heavy atom. The van der Waals surface area contributed by atoms with Crippen LogP contribution >= 0.6 is 0 Å². The molecule has 0 amide bonds. The van der Waals surface area contributed by atoms with Gasteiger partial charge in [0.15, 0.2) is 0 Å². The van der Waals surface area contributed by atoms with Crippen LogP contribution in [0.3, 0.4) is 0 Å². The molecule has 310 valence electrons. The molecule has 0 N–H and O–H groups in total. The van der Waals surface area contributed by atoms with Crippen LogP contribution in [0, 0.1) is 0 Å². The number of unbranched alkanes of at least 4 members (excludes halogenated alkanes) is 16. The van der Waals surface area contributed by atoms with Gasteiger partial charge in [0.25, 0.3) is 0 Å². The van der Waals surface area contributed by atoms with Crippen LogP contribution in [-0.2, 0) is 54.0 Å². The molecule has 0 nitrogen and oxygen atoms in total. The van der Waals surface area contributed by atoms with Crippen LogP contribution in [0.2, 0.25) is 45.4 Å². The fraction of sp³-hybridized carbons (Fsp3) is 1.00. The van der Waals surface area contributed by atoms with E-state index in [1.54, 1.807) is 48.3 Å². The van der Waals surface area contributed by atoms with Crippen molar-refractivity contribution in [3.63, 3.8) is 0 Å². The predicted molar refractivity (Wildman–Crippen MR) is 270 cm³/mol. The molecule has 0 spiro atoms. The Morgan fingerprint density at radius 2 is 0.471 bits per heavy atom. The summed E-state index contributed by atoms with van der Waals surface area (Å²) in [4.78, 5) is 4.59. The second-order valence-electron chi connectivity index (χ2n) is 13.2. The second-order valence-corrected chi connectivity index (χ2v) is 33.1. The molecule has 0 saturated heterocycles. The zero-order valence-corrected chi connectivity index (χ0v) is 54.8. The van der Waals surface area contributed by atoms with Crippen LogP contribution in [0.1, 0.15) is 209 Å². The van der Waals surface area contributed by atoms with Crippen LogP contribution in [0.25, 0.3) is 0 Å². The smallest absolute Gasteiger partial charge is 0.813 e. The molecule has 0 fully saturated rings. The number of thiol groups is 4.